The van der Waals surface area contributed by atoms with Crippen LogP contribution in [0.15, 0.2) is 46.0 Å². The third-order valence-corrected chi connectivity index (χ3v) is 3.37. The highest BCUT2D eigenvalue weighted by atomic mass is 79.9. The molecule has 2 aromatic rings. The van der Waals surface area contributed by atoms with Crippen LogP contribution in [0.5, 0.6) is 0 Å². The van der Waals surface area contributed by atoms with Gasteiger partial charge in [0, 0.05) is 10.0 Å². The fourth-order valence-corrected chi connectivity index (χ4v) is 2.06. The molecule has 0 saturated carbocycles. The standard InChI is InChI=1S/C14H9BrClFN2O2/c15-10-2-4-12(17)9(5-10)7-18-19-13-6-8(14(20)21)1-3-11(13)16/h1-7,19H,(H,20,21)/p-1/b18-7-. The summed E-state index contributed by atoms with van der Waals surface area (Å²) in [6, 6.07) is 8.44. The van der Waals surface area contributed by atoms with E-state index in [0.717, 1.165) is 0 Å². The summed E-state index contributed by atoms with van der Waals surface area (Å²) in [7, 11) is 0. The molecule has 0 aliphatic heterocycles. The Hall–Kier alpha value is -1.92. The monoisotopic (exact) mass is 369 g/mol. The van der Waals surface area contributed by atoms with Crippen molar-refractivity contribution in [2.75, 3.05) is 5.43 Å². The molecule has 2 rings (SSSR count). The van der Waals surface area contributed by atoms with Crippen LogP contribution in [-0.4, -0.2) is 12.2 Å². The Labute approximate surface area is 133 Å². The lowest BCUT2D eigenvalue weighted by atomic mass is 10.2. The van der Waals surface area contributed by atoms with Crippen molar-refractivity contribution in [3.63, 3.8) is 0 Å². The van der Waals surface area contributed by atoms with Gasteiger partial charge >= 0.3 is 0 Å². The van der Waals surface area contributed by atoms with Crippen molar-refractivity contribution in [1.29, 1.82) is 0 Å². The second-order valence-corrected chi connectivity index (χ2v) is 5.34. The number of hydrogen-bond acceptors (Lipinski definition) is 4. The number of hydrogen-bond donors (Lipinski definition) is 1. The number of carbonyl (C=O) groups excluding carboxylic acids is 1. The average Bonchev–Trinajstić information content (AvgIpc) is 2.44. The quantitative estimate of drug-likeness (QED) is 0.664. The van der Waals surface area contributed by atoms with Crippen LogP contribution in [0.4, 0.5) is 10.1 Å². The van der Waals surface area contributed by atoms with Gasteiger partial charge < -0.3 is 9.90 Å². The zero-order valence-corrected chi connectivity index (χ0v) is 12.8. The van der Waals surface area contributed by atoms with Gasteiger partial charge in [0.2, 0.25) is 0 Å². The Balaban J connectivity index is 2.19. The van der Waals surface area contributed by atoms with Gasteiger partial charge in [-0.05, 0) is 35.9 Å². The normalized spacial score (nSPS) is 10.8. The number of halogens is 3. The zero-order chi connectivity index (χ0) is 15.4. The third-order valence-electron chi connectivity index (χ3n) is 2.55. The van der Waals surface area contributed by atoms with E-state index in [1.165, 1.54) is 30.5 Å². The summed E-state index contributed by atoms with van der Waals surface area (Å²) in [5.74, 6) is -1.75. The second kappa shape index (κ2) is 6.69. The molecule has 0 fully saturated rings. The second-order valence-electron chi connectivity index (χ2n) is 4.02. The number of carboxylic acid groups (broad SMARTS) is 1. The van der Waals surface area contributed by atoms with Crippen LogP contribution < -0.4 is 10.5 Å². The molecule has 7 heteroatoms. The highest BCUT2D eigenvalue weighted by Crippen LogP contribution is 2.23. The summed E-state index contributed by atoms with van der Waals surface area (Å²) < 4.78 is 14.2. The summed E-state index contributed by atoms with van der Waals surface area (Å²) in [5, 5.41) is 14.9. The van der Waals surface area contributed by atoms with Gasteiger partial charge in [-0.2, -0.15) is 5.10 Å². The molecule has 1 N–H and O–H groups in total. The Morgan fingerprint density at radius 1 is 1.33 bits per heavy atom. The van der Waals surface area contributed by atoms with Crippen molar-refractivity contribution < 1.29 is 14.3 Å². The SMILES string of the molecule is O=C([O-])c1ccc(Cl)c(N/N=C\c2cc(Br)ccc2F)c1. The van der Waals surface area contributed by atoms with Crippen LogP contribution in [-0.2, 0) is 0 Å². The average molecular weight is 371 g/mol. The van der Waals surface area contributed by atoms with Crippen molar-refractivity contribution in [3.8, 4) is 0 Å². The van der Waals surface area contributed by atoms with Gasteiger partial charge in [0.15, 0.2) is 0 Å². The minimum absolute atomic E-state index is 0.0364. The van der Waals surface area contributed by atoms with Crippen LogP contribution in [0.1, 0.15) is 15.9 Å². The van der Waals surface area contributed by atoms with Gasteiger partial charge in [0.1, 0.15) is 5.82 Å². The van der Waals surface area contributed by atoms with Gasteiger partial charge in [-0.1, -0.05) is 33.6 Å². The van der Waals surface area contributed by atoms with Gasteiger partial charge in [-0.3, -0.25) is 5.43 Å². The van der Waals surface area contributed by atoms with Gasteiger partial charge in [-0.15, -0.1) is 0 Å². The number of anilines is 1. The van der Waals surface area contributed by atoms with Crippen molar-refractivity contribution in [3.05, 3.63) is 62.8 Å². The number of aromatic carboxylic acids is 1. The summed E-state index contributed by atoms with van der Waals surface area (Å²) >= 11 is 9.14. The van der Waals surface area contributed by atoms with Crippen LogP contribution in [0, 0.1) is 5.82 Å². The predicted molar refractivity (Wildman–Crippen MR) is 81.1 cm³/mol. The Kier molecular flexibility index (Phi) is 4.93. The maximum Gasteiger partial charge on any atom is 0.132 e. The van der Waals surface area contributed by atoms with E-state index in [-0.39, 0.29) is 21.8 Å². The minimum atomic E-state index is -1.32. The number of nitrogens with zero attached hydrogens (tertiary/aromatic N) is 1. The lowest BCUT2D eigenvalue weighted by Gasteiger charge is -2.07. The van der Waals surface area contributed by atoms with Crippen LogP contribution in [0.2, 0.25) is 5.02 Å². The first-order chi connectivity index (χ1) is 9.97. The molecule has 0 amide bonds. The molecule has 0 bridgehead atoms. The van der Waals surface area contributed by atoms with Gasteiger partial charge in [-0.25, -0.2) is 4.39 Å². The van der Waals surface area contributed by atoms with Gasteiger partial charge in [0.05, 0.1) is 22.9 Å². The Bertz CT molecular complexity index is 722. The summed E-state index contributed by atoms with van der Waals surface area (Å²) in [6.07, 6.45) is 1.27. The number of hydrazone groups is 1. The summed E-state index contributed by atoms with van der Waals surface area (Å²) in [6.45, 7) is 0. The van der Waals surface area contributed by atoms with Crippen LogP contribution in [0.25, 0.3) is 0 Å². The fourth-order valence-electron chi connectivity index (χ4n) is 1.52. The van der Waals surface area contributed by atoms with E-state index in [1.54, 1.807) is 12.1 Å². The molecule has 0 aliphatic carbocycles. The highest BCUT2D eigenvalue weighted by Gasteiger charge is 2.03. The molecule has 108 valence electrons. The molecular weight excluding hydrogens is 363 g/mol. The molecule has 0 aromatic heterocycles. The first kappa shape index (κ1) is 15.5. The molecule has 0 aliphatic rings. The van der Waals surface area contributed by atoms with E-state index < -0.39 is 11.8 Å². The van der Waals surface area contributed by atoms with E-state index in [4.69, 9.17) is 11.6 Å². The highest BCUT2D eigenvalue weighted by molar-refractivity contribution is 9.10. The smallest absolute Gasteiger partial charge is 0.132 e. The Morgan fingerprint density at radius 2 is 2.10 bits per heavy atom. The van der Waals surface area contributed by atoms with Crippen molar-refractivity contribution in [2.24, 2.45) is 5.10 Å². The zero-order valence-electron chi connectivity index (χ0n) is 10.4. The molecule has 0 saturated heterocycles. The predicted octanol–water partition coefficient (Wildman–Crippen LogP) is 3.05. The van der Waals surface area contributed by atoms with E-state index >= 15 is 0 Å². The number of benzene rings is 2. The van der Waals surface area contributed by atoms with Crippen LogP contribution in [0.3, 0.4) is 0 Å². The molecule has 0 unspecified atom stereocenters. The minimum Gasteiger partial charge on any atom is -0.545 e. The summed E-state index contributed by atoms with van der Waals surface area (Å²) in [4.78, 5) is 10.8. The number of nitrogens with one attached hydrogen (secondary N) is 1. The molecule has 0 radical (unpaired) electrons. The molecule has 4 nitrogen and oxygen atoms in total. The third kappa shape index (κ3) is 4.03. The van der Waals surface area contributed by atoms with Crippen LogP contribution >= 0.6 is 27.5 Å². The molecule has 0 spiro atoms. The first-order valence-electron chi connectivity index (χ1n) is 5.72. The van der Waals surface area contributed by atoms with Crippen molar-refractivity contribution in [2.45, 2.75) is 0 Å². The maximum atomic E-state index is 13.5. The number of rotatable bonds is 4. The fraction of sp³-hybridized carbons (Fsp3) is 0. The lowest BCUT2D eigenvalue weighted by Crippen LogP contribution is -2.22. The molecule has 21 heavy (non-hydrogen) atoms. The van der Waals surface area contributed by atoms with E-state index in [2.05, 4.69) is 26.5 Å². The largest absolute Gasteiger partial charge is 0.545 e. The number of carbonyl (C=O) groups is 1. The molecule has 0 atom stereocenters. The maximum absolute atomic E-state index is 13.5. The first-order valence-corrected chi connectivity index (χ1v) is 6.89. The molecule has 2 aromatic carbocycles. The van der Waals surface area contributed by atoms with Crippen molar-refractivity contribution in [1.82, 2.24) is 0 Å². The summed E-state index contributed by atoms with van der Waals surface area (Å²) in [5.41, 5.74) is 3.08. The molecule has 0 heterocycles. The van der Waals surface area contributed by atoms with E-state index in [9.17, 15) is 14.3 Å². The Morgan fingerprint density at radius 3 is 2.81 bits per heavy atom. The van der Waals surface area contributed by atoms with Gasteiger partial charge in [0.25, 0.3) is 0 Å². The topological polar surface area (TPSA) is 64.5 Å². The van der Waals surface area contributed by atoms with E-state index in [1.807, 2.05) is 0 Å². The lowest BCUT2D eigenvalue weighted by molar-refractivity contribution is -0.255. The van der Waals surface area contributed by atoms with E-state index in [0.29, 0.717) is 4.47 Å². The number of carboxylic acids is 1. The van der Waals surface area contributed by atoms with Crippen molar-refractivity contribution >= 4 is 45.4 Å². The molecular formula is C14H8BrClFN2O2-.